The van der Waals surface area contributed by atoms with Crippen LogP contribution < -0.4 is 5.32 Å². The Kier molecular flexibility index (Phi) is 4.75. The van der Waals surface area contributed by atoms with Crippen LogP contribution in [0.4, 0.5) is 10.2 Å². The minimum atomic E-state index is -0.436. The van der Waals surface area contributed by atoms with E-state index < -0.39 is 5.82 Å². The van der Waals surface area contributed by atoms with E-state index in [1.807, 2.05) is 0 Å². The van der Waals surface area contributed by atoms with Crippen LogP contribution in [0.5, 0.6) is 0 Å². The number of anilines is 1. The third kappa shape index (κ3) is 3.31. The van der Waals surface area contributed by atoms with E-state index in [-0.39, 0.29) is 17.1 Å². The molecule has 1 aliphatic rings. The molecule has 0 aromatic carbocycles. The molecule has 0 spiro atoms. The molecule has 0 aliphatic heterocycles. The van der Waals surface area contributed by atoms with Crippen molar-refractivity contribution in [1.29, 1.82) is 0 Å². The second-order valence-electron chi connectivity index (χ2n) is 4.89. The highest BCUT2D eigenvalue weighted by Gasteiger charge is 2.23. The number of hydrogen-bond donors (Lipinski definition) is 1. The molecule has 1 saturated carbocycles. The van der Waals surface area contributed by atoms with E-state index >= 15 is 0 Å². The van der Waals surface area contributed by atoms with Crippen molar-refractivity contribution in [3.63, 3.8) is 0 Å². The molecule has 0 radical (unpaired) electrons. The van der Waals surface area contributed by atoms with Crippen molar-refractivity contribution in [2.24, 2.45) is 5.92 Å². The molecule has 0 saturated heterocycles. The van der Waals surface area contributed by atoms with Crippen molar-refractivity contribution >= 4 is 17.4 Å². The Bertz CT molecular complexity index is 394. The fourth-order valence-electron chi connectivity index (χ4n) is 2.71. The van der Waals surface area contributed by atoms with Gasteiger partial charge in [-0.05, 0) is 36.8 Å². The first-order valence-electron chi connectivity index (χ1n) is 6.65. The van der Waals surface area contributed by atoms with E-state index in [0.29, 0.717) is 5.92 Å². The van der Waals surface area contributed by atoms with Gasteiger partial charge in [0.2, 0.25) is 5.28 Å². The smallest absolute Gasteiger partial charge is 0.224 e. The van der Waals surface area contributed by atoms with Gasteiger partial charge in [-0.3, -0.25) is 0 Å². The first kappa shape index (κ1) is 13.5. The predicted octanol–water partition coefficient (Wildman–Crippen LogP) is 4.04. The Morgan fingerprint density at radius 2 is 2.17 bits per heavy atom. The first-order chi connectivity index (χ1) is 8.70. The van der Waals surface area contributed by atoms with E-state index in [4.69, 9.17) is 11.6 Å². The highest BCUT2D eigenvalue weighted by molar-refractivity contribution is 6.28. The lowest BCUT2D eigenvalue weighted by molar-refractivity contribution is 0.312. The molecule has 5 heteroatoms. The lowest BCUT2D eigenvalue weighted by Gasteiger charge is -2.30. The lowest BCUT2D eigenvalue weighted by atomic mass is 9.83. The molecule has 1 aromatic rings. The van der Waals surface area contributed by atoms with E-state index in [1.54, 1.807) is 0 Å². The Hall–Kier alpha value is -0.900. The molecule has 1 fully saturated rings. The molecular formula is C13H19ClFN3. The summed E-state index contributed by atoms with van der Waals surface area (Å²) in [5.74, 6) is 0.401. The second kappa shape index (κ2) is 6.32. The van der Waals surface area contributed by atoms with E-state index in [1.165, 1.54) is 32.1 Å². The maximum Gasteiger partial charge on any atom is 0.224 e. The Balaban J connectivity index is 2.06. The third-order valence-corrected chi connectivity index (χ3v) is 3.88. The summed E-state index contributed by atoms with van der Waals surface area (Å²) in [4.78, 5) is 7.55. The zero-order chi connectivity index (χ0) is 13.0. The van der Waals surface area contributed by atoms with Gasteiger partial charge in [0.15, 0.2) is 11.6 Å². The van der Waals surface area contributed by atoms with Gasteiger partial charge >= 0.3 is 0 Å². The maximum atomic E-state index is 13.6. The van der Waals surface area contributed by atoms with E-state index in [2.05, 4.69) is 22.2 Å². The van der Waals surface area contributed by atoms with Crippen molar-refractivity contribution in [2.75, 3.05) is 5.32 Å². The van der Waals surface area contributed by atoms with Crippen LogP contribution in [-0.2, 0) is 0 Å². The average molecular weight is 272 g/mol. The Morgan fingerprint density at radius 3 is 2.83 bits per heavy atom. The van der Waals surface area contributed by atoms with E-state index in [9.17, 15) is 4.39 Å². The predicted molar refractivity (Wildman–Crippen MR) is 71.3 cm³/mol. The molecule has 1 N–H and O–H groups in total. The van der Waals surface area contributed by atoms with Gasteiger partial charge in [-0.15, -0.1) is 0 Å². The summed E-state index contributed by atoms with van der Waals surface area (Å²) in [5, 5.41) is 3.28. The molecule has 3 nitrogen and oxygen atoms in total. The van der Waals surface area contributed by atoms with Crippen LogP contribution in [0.25, 0.3) is 0 Å². The van der Waals surface area contributed by atoms with Crippen LogP contribution in [0.1, 0.15) is 45.4 Å². The summed E-state index contributed by atoms with van der Waals surface area (Å²) in [7, 11) is 0. The molecule has 1 unspecified atom stereocenters. The average Bonchev–Trinajstić information content (AvgIpc) is 2.41. The normalized spacial score (nSPS) is 18.6. The minimum Gasteiger partial charge on any atom is -0.364 e. The van der Waals surface area contributed by atoms with Crippen LogP contribution in [-0.4, -0.2) is 16.0 Å². The standard InChI is InChI=1S/C13H19ClFN3/c1-2-11(9-6-4-3-5-7-9)17-12-10(15)8-16-13(14)18-12/h8-9,11H,2-7H2,1H3,(H,16,17,18). The van der Waals surface area contributed by atoms with Crippen LogP contribution in [0.3, 0.4) is 0 Å². The van der Waals surface area contributed by atoms with Crippen LogP contribution >= 0.6 is 11.6 Å². The molecule has 18 heavy (non-hydrogen) atoms. The number of halogens is 2. The Morgan fingerprint density at radius 1 is 1.44 bits per heavy atom. The zero-order valence-electron chi connectivity index (χ0n) is 10.6. The SMILES string of the molecule is CCC(Nc1nc(Cl)ncc1F)C1CCCCC1. The highest BCUT2D eigenvalue weighted by Crippen LogP contribution is 2.29. The monoisotopic (exact) mass is 271 g/mol. The summed E-state index contributed by atoms with van der Waals surface area (Å²) in [6.45, 7) is 2.12. The summed E-state index contributed by atoms with van der Waals surface area (Å²) in [6, 6.07) is 0.269. The van der Waals surface area contributed by atoms with Crippen molar-refractivity contribution in [3.8, 4) is 0 Å². The number of hydrogen-bond acceptors (Lipinski definition) is 3. The molecule has 2 rings (SSSR count). The van der Waals surface area contributed by atoms with E-state index in [0.717, 1.165) is 12.6 Å². The van der Waals surface area contributed by atoms with Crippen molar-refractivity contribution in [3.05, 3.63) is 17.3 Å². The largest absolute Gasteiger partial charge is 0.364 e. The number of aromatic nitrogens is 2. The van der Waals surface area contributed by atoms with Crippen LogP contribution in [0, 0.1) is 11.7 Å². The molecular weight excluding hydrogens is 253 g/mol. The summed E-state index contributed by atoms with van der Waals surface area (Å²) in [5.41, 5.74) is 0. The molecule has 1 atom stereocenters. The third-order valence-electron chi connectivity index (χ3n) is 3.70. The number of nitrogens with zero attached hydrogens (tertiary/aromatic N) is 2. The molecule has 0 bridgehead atoms. The van der Waals surface area contributed by atoms with Crippen LogP contribution in [0.15, 0.2) is 6.20 Å². The number of nitrogens with one attached hydrogen (secondary N) is 1. The van der Waals surface area contributed by atoms with Gasteiger partial charge in [0, 0.05) is 6.04 Å². The number of rotatable bonds is 4. The van der Waals surface area contributed by atoms with Gasteiger partial charge < -0.3 is 5.32 Å². The first-order valence-corrected chi connectivity index (χ1v) is 7.03. The lowest BCUT2D eigenvalue weighted by Crippen LogP contribution is -2.30. The second-order valence-corrected chi connectivity index (χ2v) is 5.23. The quantitative estimate of drug-likeness (QED) is 0.840. The zero-order valence-corrected chi connectivity index (χ0v) is 11.4. The van der Waals surface area contributed by atoms with Crippen molar-refractivity contribution < 1.29 is 4.39 Å². The molecule has 1 aliphatic carbocycles. The molecule has 1 aromatic heterocycles. The topological polar surface area (TPSA) is 37.8 Å². The Labute approximate surface area is 112 Å². The molecule has 1 heterocycles. The summed E-state index contributed by atoms with van der Waals surface area (Å²) < 4.78 is 13.6. The van der Waals surface area contributed by atoms with Gasteiger partial charge in [0.05, 0.1) is 6.20 Å². The van der Waals surface area contributed by atoms with Gasteiger partial charge in [0.25, 0.3) is 0 Å². The van der Waals surface area contributed by atoms with Gasteiger partial charge in [-0.1, -0.05) is 26.2 Å². The van der Waals surface area contributed by atoms with Gasteiger partial charge in [-0.25, -0.2) is 9.37 Å². The molecule has 0 amide bonds. The highest BCUT2D eigenvalue weighted by atomic mass is 35.5. The minimum absolute atomic E-state index is 0.0809. The van der Waals surface area contributed by atoms with Crippen molar-refractivity contribution in [1.82, 2.24) is 9.97 Å². The fourth-order valence-corrected chi connectivity index (χ4v) is 2.85. The van der Waals surface area contributed by atoms with Gasteiger partial charge in [-0.2, -0.15) is 4.98 Å². The maximum absolute atomic E-state index is 13.6. The van der Waals surface area contributed by atoms with Crippen LogP contribution in [0.2, 0.25) is 5.28 Å². The van der Waals surface area contributed by atoms with Gasteiger partial charge in [0.1, 0.15) is 0 Å². The molecule has 100 valence electrons. The summed E-state index contributed by atoms with van der Waals surface area (Å²) in [6.07, 6.45) is 8.38. The van der Waals surface area contributed by atoms with Crippen molar-refractivity contribution in [2.45, 2.75) is 51.5 Å². The fraction of sp³-hybridized carbons (Fsp3) is 0.692. The summed E-state index contributed by atoms with van der Waals surface area (Å²) >= 11 is 5.70.